The highest BCUT2D eigenvalue weighted by molar-refractivity contribution is 6.23. The fraction of sp³-hybridized carbons (Fsp3) is 0.0667. The molecular weight excluding hydrogens is 556 g/mol. The smallest absolute Gasteiger partial charge is 0.143 e. The Morgan fingerprint density at radius 3 is 1.85 bits per heavy atom. The SMILES string of the molecule is [2H]c1c([2H])c([2H])c2c(c1[2H])-c1c([2H])c([2H])c([2H])c(-c3c4c([2H])c([2H])c([2H])c([2H])c4c(-c4c([2H])c([2H])c5oc6c7c([2H])c([2H])c([2H])c([2H])c7c([2H])c([2H])c6c5c4[2H])c4c([2H])c([2H])c([2H])c([2H])c34)c1C2(C)C. The van der Waals surface area contributed by atoms with Crippen LogP contribution in [0.1, 0.15) is 57.9 Å². The summed E-state index contributed by atoms with van der Waals surface area (Å²) in [5.41, 5.74) is -5.39. The number of rotatable bonds is 2. The molecule has 0 saturated heterocycles. The third-order valence-corrected chi connectivity index (χ3v) is 8.62. The molecule has 0 unspecified atom stereocenters. The van der Waals surface area contributed by atoms with Gasteiger partial charge in [-0.2, -0.15) is 0 Å². The van der Waals surface area contributed by atoms with Crippen LogP contribution in [-0.2, 0) is 5.41 Å². The van der Waals surface area contributed by atoms with Crippen molar-refractivity contribution in [2.75, 3.05) is 0 Å². The normalized spacial score (nSPS) is 20.9. The molecule has 1 aliphatic rings. The molecule has 0 radical (unpaired) electrons. The lowest BCUT2D eigenvalue weighted by Crippen LogP contribution is -2.16. The Morgan fingerprint density at radius 2 is 1.09 bits per heavy atom. The summed E-state index contributed by atoms with van der Waals surface area (Å²) in [6.45, 7) is 3.04. The van der Waals surface area contributed by atoms with E-state index in [4.69, 9.17) is 25.0 Å². The molecule has 0 fully saturated rings. The molecule has 1 heteroatoms. The maximum atomic E-state index is 9.87. The fourth-order valence-electron chi connectivity index (χ4n) is 6.66. The summed E-state index contributed by atoms with van der Waals surface area (Å²) in [4.78, 5) is 0. The van der Waals surface area contributed by atoms with Crippen molar-refractivity contribution in [1.29, 1.82) is 0 Å². The van der Waals surface area contributed by atoms with Gasteiger partial charge in [-0.1, -0.05) is 141 Å². The molecule has 9 aromatic rings. The topological polar surface area (TPSA) is 13.1 Å². The zero-order valence-electron chi connectivity index (χ0n) is 47.9. The van der Waals surface area contributed by atoms with E-state index in [-0.39, 0.29) is 27.6 Å². The summed E-state index contributed by atoms with van der Waals surface area (Å²) >= 11 is 0. The van der Waals surface area contributed by atoms with Crippen molar-refractivity contribution in [2.24, 2.45) is 0 Å². The molecule has 10 rings (SSSR count). The first kappa shape index (κ1) is 11.6. The molecule has 0 aliphatic heterocycles. The second-order valence-electron chi connectivity index (χ2n) is 11.4. The van der Waals surface area contributed by atoms with Gasteiger partial charge in [-0.05, 0) is 89.6 Å². The van der Waals surface area contributed by atoms with E-state index in [1.54, 1.807) is 0 Å². The summed E-state index contributed by atoms with van der Waals surface area (Å²) in [6, 6.07) is -18.6. The standard InChI is InChI=1S/C45H30O/c1-45(2)39-21-10-9-14-30(39)35-19-11-20-37(43(35)45)42-33-17-7-5-15-31(33)41(32-16-6-8-18-34(32)42)28-23-25-40-38(26-28)36-24-22-27-12-3-4-13-29(27)44(36)46-40/h3-26H,1-2H3/i3D,4D,5D,6D,7D,8D,9D,10D,11D,12D,13D,14D,15D,16D,17D,18D,19D,20D,21D,22D,23D,24D,25D,26D. The Bertz CT molecular complexity index is 4000. The van der Waals surface area contributed by atoms with Crippen molar-refractivity contribution < 1.29 is 37.3 Å². The quantitative estimate of drug-likeness (QED) is 0.177. The Balaban J connectivity index is 1.52. The van der Waals surface area contributed by atoms with Crippen LogP contribution in [0.25, 0.3) is 87.6 Å². The first-order chi connectivity index (χ1) is 32.6. The van der Waals surface area contributed by atoms with Crippen LogP contribution in [0.2, 0.25) is 0 Å². The van der Waals surface area contributed by atoms with Gasteiger partial charge in [0.25, 0.3) is 0 Å². The van der Waals surface area contributed by atoms with Crippen molar-refractivity contribution in [3.05, 3.63) is 156 Å². The van der Waals surface area contributed by atoms with Gasteiger partial charge in [-0.3, -0.25) is 0 Å². The molecule has 0 amide bonds. The maximum Gasteiger partial charge on any atom is 0.143 e. The van der Waals surface area contributed by atoms with E-state index in [0.29, 0.717) is 0 Å². The molecule has 1 nitrogen and oxygen atoms in total. The summed E-state index contributed by atoms with van der Waals surface area (Å²) in [5.74, 6) is 0. The highest BCUT2D eigenvalue weighted by Crippen LogP contribution is 2.54. The van der Waals surface area contributed by atoms with Crippen LogP contribution in [-0.4, -0.2) is 0 Å². The van der Waals surface area contributed by atoms with Crippen LogP contribution in [0, 0.1) is 0 Å². The second-order valence-corrected chi connectivity index (χ2v) is 11.4. The highest BCUT2D eigenvalue weighted by Gasteiger charge is 2.37. The van der Waals surface area contributed by atoms with Gasteiger partial charge in [-0.25, -0.2) is 0 Å². The van der Waals surface area contributed by atoms with Crippen LogP contribution in [0.15, 0.2) is 149 Å². The van der Waals surface area contributed by atoms with Gasteiger partial charge in [0.2, 0.25) is 0 Å². The second kappa shape index (κ2) is 9.19. The Labute approximate surface area is 301 Å². The van der Waals surface area contributed by atoms with Crippen LogP contribution in [0.4, 0.5) is 0 Å². The summed E-state index contributed by atoms with van der Waals surface area (Å²) in [6.07, 6.45) is 0. The van der Waals surface area contributed by atoms with E-state index in [0.717, 1.165) is 0 Å². The number of furan rings is 1. The number of hydrogen-bond acceptors (Lipinski definition) is 1. The zero-order chi connectivity index (χ0) is 51.5. The molecule has 216 valence electrons. The van der Waals surface area contributed by atoms with Crippen molar-refractivity contribution in [3.8, 4) is 33.4 Å². The first-order valence-electron chi connectivity index (χ1n) is 26.2. The average molecular weight is 611 g/mol. The molecule has 0 saturated carbocycles. The third-order valence-electron chi connectivity index (χ3n) is 8.62. The number of benzene rings is 8. The number of hydrogen-bond donors (Lipinski definition) is 0. The van der Waals surface area contributed by atoms with Crippen LogP contribution in [0.5, 0.6) is 0 Å². The van der Waals surface area contributed by atoms with E-state index in [1.165, 1.54) is 13.8 Å². The Morgan fingerprint density at radius 1 is 0.478 bits per heavy atom. The van der Waals surface area contributed by atoms with Gasteiger partial charge in [0.1, 0.15) is 11.2 Å². The maximum absolute atomic E-state index is 9.87. The molecule has 1 heterocycles. The van der Waals surface area contributed by atoms with E-state index in [9.17, 15) is 12.3 Å². The zero-order valence-corrected chi connectivity index (χ0v) is 23.9. The molecular formula is C45H30O. The van der Waals surface area contributed by atoms with Gasteiger partial charge < -0.3 is 4.42 Å². The van der Waals surface area contributed by atoms with Gasteiger partial charge in [0.15, 0.2) is 0 Å². The molecule has 1 aliphatic carbocycles. The average Bonchev–Trinajstić information content (AvgIpc) is 3.84. The van der Waals surface area contributed by atoms with Gasteiger partial charge >= 0.3 is 0 Å². The van der Waals surface area contributed by atoms with Gasteiger partial charge in [-0.15, -0.1) is 0 Å². The highest BCUT2D eigenvalue weighted by atomic mass is 16.3. The minimum atomic E-state index is -1.61. The predicted octanol–water partition coefficient (Wildman–Crippen LogP) is 12.7. The molecule has 0 N–H and O–H groups in total. The molecule has 0 atom stereocenters. The van der Waals surface area contributed by atoms with E-state index < -0.39 is 222 Å². The van der Waals surface area contributed by atoms with Crippen molar-refractivity contribution in [3.63, 3.8) is 0 Å². The van der Waals surface area contributed by atoms with E-state index >= 15 is 0 Å². The Hall–Kier alpha value is -5.66. The molecule has 0 bridgehead atoms. The molecule has 46 heavy (non-hydrogen) atoms. The van der Waals surface area contributed by atoms with Crippen molar-refractivity contribution in [1.82, 2.24) is 0 Å². The lowest BCUT2D eigenvalue weighted by atomic mass is 9.77. The van der Waals surface area contributed by atoms with Crippen LogP contribution >= 0.6 is 0 Å². The summed E-state index contributed by atoms with van der Waals surface area (Å²) < 4.78 is 224. The van der Waals surface area contributed by atoms with Gasteiger partial charge in [0, 0.05) is 21.6 Å². The summed E-state index contributed by atoms with van der Waals surface area (Å²) in [7, 11) is 0. The number of fused-ring (bicyclic) bond motifs is 10. The van der Waals surface area contributed by atoms with Gasteiger partial charge in [0.05, 0.1) is 32.9 Å². The first-order valence-corrected chi connectivity index (χ1v) is 14.2. The van der Waals surface area contributed by atoms with E-state index in [1.807, 2.05) is 0 Å². The lowest BCUT2D eigenvalue weighted by molar-refractivity contribution is 0.662. The monoisotopic (exact) mass is 610 g/mol. The van der Waals surface area contributed by atoms with Crippen LogP contribution < -0.4 is 0 Å². The van der Waals surface area contributed by atoms with Crippen molar-refractivity contribution >= 4 is 54.3 Å². The molecule has 1 aromatic heterocycles. The fourth-order valence-corrected chi connectivity index (χ4v) is 6.66. The lowest BCUT2D eigenvalue weighted by Gasteiger charge is -2.26. The molecule has 8 aromatic carbocycles. The minimum absolute atomic E-state index is 0.0449. The van der Waals surface area contributed by atoms with E-state index in [2.05, 4.69) is 0 Å². The minimum Gasteiger partial charge on any atom is -0.455 e. The largest absolute Gasteiger partial charge is 0.455 e. The van der Waals surface area contributed by atoms with Crippen molar-refractivity contribution in [2.45, 2.75) is 19.3 Å². The summed E-state index contributed by atoms with van der Waals surface area (Å²) in [5, 5.41) is -4.01. The third kappa shape index (κ3) is 3.35. The molecule has 0 spiro atoms. The Kier molecular flexibility index (Phi) is 2.32. The predicted molar refractivity (Wildman–Crippen MR) is 195 cm³/mol. The van der Waals surface area contributed by atoms with Crippen LogP contribution in [0.3, 0.4) is 0 Å².